The van der Waals surface area contributed by atoms with Crippen molar-refractivity contribution in [2.75, 3.05) is 42.9 Å². The summed E-state index contributed by atoms with van der Waals surface area (Å²) in [7, 11) is -3.97. The smallest absolute Gasteiger partial charge is 0.258 e. The van der Waals surface area contributed by atoms with E-state index in [9.17, 15) is 17.6 Å². The van der Waals surface area contributed by atoms with Gasteiger partial charge in [0.15, 0.2) is 0 Å². The van der Waals surface area contributed by atoms with E-state index < -0.39 is 27.8 Å². The fourth-order valence-corrected chi connectivity index (χ4v) is 5.81. The fourth-order valence-electron chi connectivity index (χ4n) is 4.32. The SMILES string of the molecule is CCN1CCN(c2ccc(NC(=O)c3ccccc3F)cc2S(=O)(=O)N[C@H](C)c2ccccc2)CC1. The maximum absolute atomic E-state index is 14.1. The summed E-state index contributed by atoms with van der Waals surface area (Å²) in [6.07, 6.45) is 0. The third-order valence-corrected chi connectivity index (χ3v) is 7.99. The molecule has 3 aromatic carbocycles. The molecule has 0 aromatic heterocycles. The van der Waals surface area contributed by atoms with Crippen molar-refractivity contribution in [1.29, 1.82) is 0 Å². The Morgan fingerprint density at radius 2 is 1.64 bits per heavy atom. The number of rotatable bonds is 8. The minimum Gasteiger partial charge on any atom is -0.368 e. The van der Waals surface area contributed by atoms with Crippen LogP contribution in [0.1, 0.15) is 35.8 Å². The lowest BCUT2D eigenvalue weighted by atomic mass is 10.1. The molecule has 0 saturated carbocycles. The molecule has 1 aliphatic heterocycles. The van der Waals surface area contributed by atoms with Crippen LogP contribution in [0.5, 0.6) is 0 Å². The molecule has 1 heterocycles. The number of hydrogen-bond acceptors (Lipinski definition) is 5. The van der Waals surface area contributed by atoms with Crippen molar-refractivity contribution in [1.82, 2.24) is 9.62 Å². The molecular weight excluding hydrogens is 479 g/mol. The van der Waals surface area contributed by atoms with Gasteiger partial charge in [0, 0.05) is 37.9 Å². The summed E-state index contributed by atoms with van der Waals surface area (Å²) in [6, 6.07) is 19.3. The first kappa shape index (κ1) is 25.8. The quantitative estimate of drug-likeness (QED) is 0.473. The van der Waals surface area contributed by atoms with Gasteiger partial charge in [0.25, 0.3) is 5.91 Å². The largest absolute Gasteiger partial charge is 0.368 e. The Morgan fingerprint density at radius 3 is 2.31 bits per heavy atom. The van der Waals surface area contributed by atoms with Gasteiger partial charge in [0.05, 0.1) is 11.3 Å². The molecule has 7 nitrogen and oxygen atoms in total. The zero-order chi connectivity index (χ0) is 25.7. The van der Waals surface area contributed by atoms with Crippen LogP contribution in [0, 0.1) is 5.82 Å². The maximum atomic E-state index is 14.1. The molecule has 1 aliphatic rings. The van der Waals surface area contributed by atoms with Crippen LogP contribution in [0.2, 0.25) is 0 Å². The average Bonchev–Trinajstić information content (AvgIpc) is 2.89. The maximum Gasteiger partial charge on any atom is 0.258 e. The summed E-state index contributed by atoms with van der Waals surface area (Å²) in [6.45, 7) is 7.86. The van der Waals surface area contributed by atoms with Crippen LogP contribution in [0.15, 0.2) is 77.7 Å². The summed E-state index contributed by atoms with van der Waals surface area (Å²) in [4.78, 5) is 17.1. The van der Waals surface area contributed by atoms with E-state index in [-0.39, 0.29) is 16.1 Å². The first-order valence-electron chi connectivity index (χ1n) is 12.0. The van der Waals surface area contributed by atoms with Gasteiger partial charge in [-0.05, 0) is 49.4 Å². The molecule has 3 aromatic rings. The number of halogens is 1. The molecule has 1 amide bonds. The Kier molecular flexibility index (Phi) is 8.03. The third kappa shape index (κ3) is 5.92. The van der Waals surface area contributed by atoms with Gasteiger partial charge in [-0.25, -0.2) is 17.5 Å². The van der Waals surface area contributed by atoms with E-state index in [0.717, 1.165) is 25.2 Å². The second-order valence-electron chi connectivity index (χ2n) is 8.79. The summed E-state index contributed by atoms with van der Waals surface area (Å²) in [5.41, 5.74) is 1.56. The van der Waals surface area contributed by atoms with Crippen molar-refractivity contribution in [3.8, 4) is 0 Å². The minimum atomic E-state index is -3.97. The predicted octanol–water partition coefficient (Wildman–Crippen LogP) is 4.26. The molecule has 190 valence electrons. The van der Waals surface area contributed by atoms with E-state index in [1.165, 1.54) is 24.3 Å². The second-order valence-corrected chi connectivity index (χ2v) is 10.5. The van der Waals surface area contributed by atoms with Crippen molar-refractivity contribution in [2.45, 2.75) is 24.8 Å². The van der Waals surface area contributed by atoms with E-state index >= 15 is 0 Å². The van der Waals surface area contributed by atoms with Crippen LogP contribution in [-0.4, -0.2) is 51.9 Å². The zero-order valence-corrected chi connectivity index (χ0v) is 21.3. The van der Waals surface area contributed by atoms with Gasteiger partial charge in [-0.2, -0.15) is 0 Å². The number of piperazine rings is 1. The molecule has 0 unspecified atom stereocenters. The van der Waals surface area contributed by atoms with E-state index in [4.69, 9.17) is 0 Å². The van der Waals surface area contributed by atoms with Gasteiger partial charge in [-0.1, -0.05) is 49.4 Å². The highest BCUT2D eigenvalue weighted by atomic mass is 32.2. The second kappa shape index (κ2) is 11.2. The molecule has 4 rings (SSSR count). The van der Waals surface area contributed by atoms with Crippen molar-refractivity contribution < 1.29 is 17.6 Å². The summed E-state index contributed by atoms with van der Waals surface area (Å²) < 4.78 is 44.2. The number of likely N-dealkylation sites (N-methyl/N-ethyl adjacent to an activating group) is 1. The number of sulfonamides is 1. The highest BCUT2D eigenvalue weighted by Gasteiger charge is 2.27. The molecular formula is C27H31FN4O3S. The average molecular weight is 511 g/mol. The Morgan fingerprint density at radius 1 is 0.972 bits per heavy atom. The van der Waals surface area contributed by atoms with Crippen molar-refractivity contribution in [3.63, 3.8) is 0 Å². The molecule has 1 saturated heterocycles. The topological polar surface area (TPSA) is 81.8 Å². The first-order valence-corrected chi connectivity index (χ1v) is 13.5. The first-order chi connectivity index (χ1) is 17.3. The number of nitrogens with zero attached hydrogens (tertiary/aromatic N) is 2. The van der Waals surface area contributed by atoms with Crippen LogP contribution >= 0.6 is 0 Å². The van der Waals surface area contributed by atoms with E-state index in [2.05, 4.69) is 26.8 Å². The lowest BCUT2D eigenvalue weighted by Gasteiger charge is -2.36. The van der Waals surface area contributed by atoms with E-state index in [1.807, 2.05) is 30.3 Å². The zero-order valence-electron chi connectivity index (χ0n) is 20.4. The Hall–Kier alpha value is -3.27. The van der Waals surface area contributed by atoms with Crippen molar-refractivity contribution >= 4 is 27.3 Å². The number of amides is 1. The number of hydrogen-bond donors (Lipinski definition) is 2. The summed E-state index contributed by atoms with van der Waals surface area (Å²) in [5, 5.41) is 2.64. The molecule has 36 heavy (non-hydrogen) atoms. The minimum absolute atomic E-state index is 0.0709. The number of benzene rings is 3. The van der Waals surface area contributed by atoms with Crippen molar-refractivity contribution in [3.05, 3.63) is 89.7 Å². The normalized spacial score (nSPS) is 15.5. The van der Waals surface area contributed by atoms with Gasteiger partial charge in [0.2, 0.25) is 10.0 Å². The number of carbonyl (C=O) groups is 1. The predicted molar refractivity (Wildman–Crippen MR) is 140 cm³/mol. The van der Waals surface area contributed by atoms with Crippen molar-refractivity contribution in [2.24, 2.45) is 0 Å². The standard InChI is InChI=1S/C27H31FN4O3S/c1-3-31-15-17-32(18-16-31)25-14-13-22(29-27(33)23-11-7-8-12-24(23)28)19-26(25)36(34,35)30-20(2)21-9-5-4-6-10-21/h4-14,19-20,30H,3,15-18H2,1-2H3,(H,29,33)/t20-/m1/s1. The third-order valence-electron chi connectivity index (χ3n) is 6.42. The van der Waals surface area contributed by atoms with Gasteiger partial charge in [0.1, 0.15) is 10.7 Å². The van der Waals surface area contributed by atoms with Gasteiger partial charge in [-0.3, -0.25) is 4.79 Å². The molecule has 0 aliphatic carbocycles. The lowest BCUT2D eigenvalue weighted by molar-refractivity contribution is 0.102. The van der Waals surface area contributed by atoms with Gasteiger partial charge >= 0.3 is 0 Å². The Balaban J connectivity index is 1.66. The lowest BCUT2D eigenvalue weighted by Crippen LogP contribution is -2.46. The van der Waals surface area contributed by atoms with E-state index in [0.29, 0.717) is 18.8 Å². The Bertz CT molecular complexity index is 1310. The Labute approximate surface area is 212 Å². The molecule has 0 radical (unpaired) electrons. The number of carbonyl (C=O) groups excluding carboxylic acids is 1. The molecule has 0 spiro atoms. The molecule has 1 fully saturated rings. The highest BCUT2D eigenvalue weighted by molar-refractivity contribution is 7.89. The summed E-state index contributed by atoms with van der Waals surface area (Å²) >= 11 is 0. The van der Waals surface area contributed by atoms with E-state index in [1.54, 1.807) is 25.1 Å². The molecule has 9 heteroatoms. The van der Waals surface area contributed by atoms with Crippen LogP contribution in [0.3, 0.4) is 0 Å². The van der Waals surface area contributed by atoms with Crippen LogP contribution in [0.25, 0.3) is 0 Å². The number of nitrogens with one attached hydrogen (secondary N) is 2. The molecule has 0 bridgehead atoms. The van der Waals surface area contributed by atoms with Crippen LogP contribution < -0.4 is 14.9 Å². The fraction of sp³-hybridized carbons (Fsp3) is 0.296. The van der Waals surface area contributed by atoms with Gasteiger partial charge < -0.3 is 15.1 Å². The van der Waals surface area contributed by atoms with Gasteiger partial charge in [-0.15, -0.1) is 0 Å². The molecule has 1 atom stereocenters. The van der Waals surface area contributed by atoms with Crippen LogP contribution in [-0.2, 0) is 10.0 Å². The van der Waals surface area contributed by atoms with Crippen LogP contribution in [0.4, 0.5) is 15.8 Å². The monoisotopic (exact) mass is 510 g/mol. The highest BCUT2D eigenvalue weighted by Crippen LogP contribution is 2.31. The molecule has 2 N–H and O–H groups in total. The number of anilines is 2. The summed E-state index contributed by atoms with van der Waals surface area (Å²) in [5.74, 6) is -1.29.